The highest BCUT2D eigenvalue weighted by Crippen LogP contribution is 2.35. The zero-order valence-electron chi connectivity index (χ0n) is 7.34. The van der Waals surface area contributed by atoms with E-state index in [-0.39, 0.29) is 5.82 Å². The van der Waals surface area contributed by atoms with E-state index in [1.807, 2.05) is 6.07 Å². The van der Waals surface area contributed by atoms with Gasteiger partial charge in [0.1, 0.15) is 5.82 Å². The average Bonchev–Trinajstić information content (AvgIpc) is 2.66. The molecular weight excluding hydrogens is 181 g/mol. The van der Waals surface area contributed by atoms with Crippen molar-refractivity contribution >= 4 is 5.69 Å². The number of rotatable bonds is 0. The van der Waals surface area contributed by atoms with Crippen LogP contribution in [0.3, 0.4) is 0 Å². The Labute approximate surface area is 80.0 Å². The first kappa shape index (κ1) is 7.55. The van der Waals surface area contributed by atoms with Gasteiger partial charge in [-0.25, -0.2) is 4.39 Å². The predicted molar refractivity (Wildman–Crippen MR) is 51.3 cm³/mol. The molecule has 0 atom stereocenters. The van der Waals surface area contributed by atoms with Crippen molar-refractivity contribution in [3.8, 4) is 11.1 Å². The molecule has 0 saturated carbocycles. The number of benzene rings is 1. The van der Waals surface area contributed by atoms with Crippen molar-refractivity contribution in [2.45, 2.75) is 6.54 Å². The van der Waals surface area contributed by atoms with Crippen LogP contribution >= 0.6 is 0 Å². The Morgan fingerprint density at radius 2 is 2.21 bits per heavy atom. The molecule has 1 aromatic carbocycles. The Kier molecular flexibility index (Phi) is 1.39. The lowest BCUT2D eigenvalue weighted by molar-refractivity contribution is 0.630. The highest BCUT2D eigenvalue weighted by molar-refractivity contribution is 5.81. The SMILES string of the molecule is Fc1cccc2c1NCc1[nH]ncc1-2. The maximum atomic E-state index is 13.4. The Morgan fingerprint density at radius 1 is 1.29 bits per heavy atom. The summed E-state index contributed by atoms with van der Waals surface area (Å²) >= 11 is 0. The van der Waals surface area contributed by atoms with E-state index in [1.165, 1.54) is 6.07 Å². The number of nitrogens with one attached hydrogen (secondary N) is 2. The standard InChI is InChI=1S/C10H8FN3/c11-8-3-1-2-6-7-4-13-14-9(7)5-12-10(6)8/h1-4,12H,5H2,(H,13,14). The fraction of sp³-hybridized carbons (Fsp3) is 0.100. The second-order valence-corrected chi connectivity index (χ2v) is 3.28. The minimum absolute atomic E-state index is 0.214. The van der Waals surface area contributed by atoms with Crippen molar-refractivity contribution in [3.05, 3.63) is 35.9 Å². The van der Waals surface area contributed by atoms with Crippen LogP contribution in [-0.4, -0.2) is 10.2 Å². The predicted octanol–water partition coefficient (Wildman–Crippen LogP) is 2.14. The Bertz CT molecular complexity index is 490. The molecule has 0 fully saturated rings. The normalized spacial score (nSPS) is 12.9. The number of anilines is 1. The van der Waals surface area contributed by atoms with E-state index in [2.05, 4.69) is 15.5 Å². The molecule has 3 nitrogen and oxygen atoms in total. The molecule has 2 aromatic rings. The summed E-state index contributed by atoms with van der Waals surface area (Å²) in [5.74, 6) is -0.214. The van der Waals surface area contributed by atoms with Crippen molar-refractivity contribution in [1.82, 2.24) is 10.2 Å². The van der Waals surface area contributed by atoms with E-state index in [0.29, 0.717) is 12.2 Å². The number of halogens is 1. The number of fused-ring (bicyclic) bond motifs is 3. The molecule has 14 heavy (non-hydrogen) atoms. The zero-order valence-corrected chi connectivity index (χ0v) is 7.34. The molecular formula is C10H8FN3. The highest BCUT2D eigenvalue weighted by atomic mass is 19.1. The first-order chi connectivity index (χ1) is 6.86. The molecule has 1 aliphatic rings. The Balaban J connectivity index is 2.31. The number of aromatic nitrogens is 2. The van der Waals surface area contributed by atoms with Crippen LogP contribution in [0.25, 0.3) is 11.1 Å². The molecule has 3 rings (SSSR count). The summed E-state index contributed by atoms with van der Waals surface area (Å²) in [6.07, 6.45) is 1.73. The smallest absolute Gasteiger partial charge is 0.146 e. The molecule has 4 heteroatoms. The third-order valence-electron chi connectivity index (χ3n) is 2.46. The van der Waals surface area contributed by atoms with Crippen LogP contribution in [0.2, 0.25) is 0 Å². The molecule has 0 unspecified atom stereocenters. The molecule has 0 radical (unpaired) electrons. The molecule has 1 aromatic heterocycles. The Hall–Kier alpha value is -1.84. The minimum Gasteiger partial charge on any atom is -0.377 e. The van der Waals surface area contributed by atoms with Crippen LogP contribution in [0, 0.1) is 5.82 Å². The number of hydrogen-bond donors (Lipinski definition) is 2. The summed E-state index contributed by atoms with van der Waals surface area (Å²) in [6, 6.07) is 5.05. The van der Waals surface area contributed by atoms with Gasteiger partial charge in [0.15, 0.2) is 0 Å². The summed E-state index contributed by atoms with van der Waals surface area (Å²) in [4.78, 5) is 0. The molecule has 0 aliphatic carbocycles. The highest BCUT2D eigenvalue weighted by Gasteiger charge is 2.19. The molecule has 70 valence electrons. The van der Waals surface area contributed by atoms with E-state index < -0.39 is 0 Å². The second kappa shape index (κ2) is 2.57. The monoisotopic (exact) mass is 189 g/mol. The number of hydrogen-bond acceptors (Lipinski definition) is 2. The zero-order chi connectivity index (χ0) is 9.54. The lowest BCUT2D eigenvalue weighted by atomic mass is 10.0. The van der Waals surface area contributed by atoms with Crippen LogP contribution in [-0.2, 0) is 6.54 Å². The minimum atomic E-state index is -0.214. The van der Waals surface area contributed by atoms with Gasteiger partial charge in [-0.15, -0.1) is 0 Å². The van der Waals surface area contributed by atoms with E-state index >= 15 is 0 Å². The Morgan fingerprint density at radius 3 is 3.14 bits per heavy atom. The molecule has 1 aliphatic heterocycles. The second-order valence-electron chi connectivity index (χ2n) is 3.28. The van der Waals surface area contributed by atoms with Gasteiger partial charge in [0.2, 0.25) is 0 Å². The fourth-order valence-electron chi connectivity index (χ4n) is 1.78. The summed E-state index contributed by atoms with van der Waals surface area (Å²) < 4.78 is 13.4. The summed E-state index contributed by atoms with van der Waals surface area (Å²) in [5.41, 5.74) is 3.43. The van der Waals surface area contributed by atoms with Gasteiger partial charge in [0.25, 0.3) is 0 Å². The van der Waals surface area contributed by atoms with E-state index in [4.69, 9.17) is 0 Å². The van der Waals surface area contributed by atoms with Crippen LogP contribution < -0.4 is 5.32 Å². The molecule has 0 amide bonds. The van der Waals surface area contributed by atoms with Crippen molar-refractivity contribution in [2.75, 3.05) is 5.32 Å². The molecule has 0 spiro atoms. The van der Waals surface area contributed by atoms with Gasteiger partial charge in [-0.2, -0.15) is 5.10 Å². The molecule has 2 N–H and O–H groups in total. The lowest BCUT2D eigenvalue weighted by Gasteiger charge is -2.17. The molecule has 0 saturated heterocycles. The number of para-hydroxylation sites is 1. The molecule has 0 bridgehead atoms. The van der Waals surface area contributed by atoms with E-state index in [9.17, 15) is 4.39 Å². The first-order valence-electron chi connectivity index (χ1n) is 4.41. The topological polar surface area (TPSA) is 40.7 Å². The summed E-state index contributed by atoms with van der Waals surface area (Å²) in [6.45, 7) is 0.600. The maximum Gasteiger partial charge on any atom is 0.146 e. The number of nitrogens with zero attached hydrogens (tertiary/aromatic N) is 1. The third kappa shape index (κ3) is 0.878. The van der Waals surface area contributed by atoms with Gasteiger partial charge in [0.05, 0.1) is 24.1 Å². The largest absolute Gasteiger partial charge is 0.377 e. The van der Waals surface area contributed by atoms with Gasteiger partial charge >= 0.3 is 0 Å². The van der Waals surface area contributed by atoms with Crippen molar-refractivity contribution in [2.24, 2.45) is 0 Å². The van der Waals surface area contributed by atoms with Gasteiger partial charge in [-0.3, -0.25) is 5.10 Å². The van der Waals surface area contributed by atoms with Crippen LogP contribution in [0.15, 0.2) is 24.4 Å². The molecule has 2 heterocycles. The van der Waals surface area contributed by atoms with Crippen molar-refractivity contribution in [1.29, 1.82) is 0 Å². The maximum absolute atomic E-state index is 13.4. The van der Waals surface area contributed by atoms with Crippen LogP contribution in [0.4, 0.5) is 10.1 Å². The van der Waals surface area contributed by atoms with Gasteiger partial charge in [0, 0.05) is 11.1 Å². The number of aromatic amines is 1. The lowest BCUT2D eigenvalue weighted by Crippen LogP contribution is -2.09. The van der Waals surface area contributed by atoms with Crippen LogP contribution in [0.1, 0.15) is 5.69 Å². The number of H-pyrrole nitrogens is 1. The summed E-state index contributed by atoms with van der Waals surface area (Å²) in [5, 5.41) is 9.85. The van der Waals surface area contributed by atoms with Crippen molar-refractivity contribution < 1.29 is 4.39 Å². The summed E-state index contributed by atoms with van der Waals surface area (Å²) in [7, 11) is 0. The van der Waals surface area contributed by atoms with Crippen LogP contribution in [0.5, 0.6) is 0 Å². The van der Waals surface area contributed by atoms with E-state index in [0.717, 1.165) is 16.8 Å². The van der Waals surface area contributed by atoms with Crippen molar-refractivity contribution in [3.63, 3.8) is 0 Å². The first-order valence-corrected chi connectivity index (χ1v) is 4.41. The quantitative estimate of drug-likeness (QED) is 0.666. The van der Waals surface area contributed by atoms with E-state index in [1.54, 1.807) is 12.3 Å². The van der Waals surface area contributed by atoms with Gasteiger partial charge in [-0.05, 0) is 6.07 Å². The third-order valence-corrected chi connectivity index (χ3v) is 2.46. The van der Waals surface area contributed by atoms with Gasteiger partial charge < -0.3 is 5.32 Å². The fourth-order valence-corrected chi connectivity index (χ4v) is 1.78. The average molecular weight is 189 g/mol. The van der Waals surface area contributed by atoms with Gasteiger partial charge in [-0.1, -0.05) is 12.1 Å².